The summed E-state index contributed by atoms with van der Waals surface area (Å²) in [6, 6.07) is 19.0. The van der Waals surface area contributed by atoms with Crippen molar-refractivity contribution in [1.82, 2.24) is 15.2 Å². The van der Waals surface area contributed by atoms with E-state index in [0.29, 0.717) is 11.3 Å². The summed E-state index contributed by atoms with van der Waals surface area (Å²) in [6.07, 6.45) is -2.82. The maximum atomic E-state index is 13.2. The maximum Gasteiger partial charge on any atom is 0.407 e. The Hall–Kier alpha value is -3.89. The zero-order valence-corrected chi connectivity index (χ0v) is 21.9. The van der Waals surface area contributed by atoms with E-state index in [1.54, 1.807) is 18.3 Å². The number of carbonyl (C=O) groups is 2. The number of alkyl halides is 2. The zero-order valence-electron chi connectivity index (χ0n) is 21.9. The molecule has 10 heteroatoms. The van der Waals surface area contributed by atoms with Crippen LogP contribution in [0.2, 0.25) is 0 Å². The predicted octanol–water partition coefficient (Wildman–Crippen LogP) is 5.00. The number of ether oxygens (including phenoxy) is 2. The summed E-state index contributed by atoms with van der Waals surface area (Å²) in [4.78, 5) is 29.7. The van der Waals surface area contributed by atoms with Crippen LogP contribution in [0.25, 0.3) is 11.1 Å². The third kappa shape index (κ3) is 6.40. The van der Waals surface area contributed by atoms with Crippen LogP contribution in [0, 0.1) is 0 Å². The fraction of sp³-hybridized carbons (Fsp3) is 0.345. The number of aromatic nitrogens is 1. The summed E-state index contributed by atoms with van der Waals surface area (Å²) in [5.74, 6) is -1.38. The molecule has 1 aliphatic heterocycles. The largest absolute Gasteiger partial charge is 0.445 e. The lowest BCUT2D eigenvalue weighted by Gasteiger charge is -2.32. The Kier molecular flexibility index (Phi) is 8.57. The zero-order chi connectivity index (χ0) is 28.2. The van der Waals surface area contributed by atoms with Gasteiger partial charge in [0, 0.05) is 11.8 Å². The number of halogens is 2. The van der Waals surface area contributed by atoms with Crippen molar-refractivity contribution in [3.8, 4) is 11.1 Å². The first-order chi connectivity index (χ1) is 18.6. The number of carbonyl (C=O) groups excluding carboxylic acids is 2. The van der Waals surface area contributed by atoms with Crippen molar-refractivity contribution in [3.63, 3.8) is 0 Å². The van der Waals surface area contributed by atoms with Gasteiger partial charge in [0.05, 0.1) is 24.4 Å². The average Bonchev–Trinajstić information content (AvgIpc) is 3.22. The van der Waals surface area contributed by atoms with E-state index in [1.807, 2.05) is 61.5 Å². The molecule has 2 heterocycles. The van der Waals surface area contributed by atoms with Gasteiger partial charge in [-0.25, -0.2) is 4.79 Å². The second-order valence-electron chi connectivity index (χ2n) is 9.77. The fourth-order valence-corrected chi connectivity index (χ4v) is 4.70. The van der Waals surface area contributed by atoms with Crippen molar-refractivity contribution < 1.29 is 33.0 Å². The van der Waals surface area contributed by atoms with Gasteiger partial charge in [0.2, 0.25) is 0 Å². The van der Waals surface area contributed by atoms with Gasteiger partial charge in [-0.1, -0.05) is 60.7 Å². The molecule has 3 aromatic rings. The SMILES string of the molecule is CC(NC(=O)OCc1ccccc1)c1ccc(-c2ccc([C@H]3OC(C)(C)N(C(=O)C(F)F)[C@H]3CO)cc2)cn1. The molecule has 2 aromatic carbocycles. The Bertz CT molecular complexity index is 1270. The third-order valence-corrected chi connectivity index (χ3v) is 6.64. The molecule has 1 unspecified atom stereocenters. The van der Waals surface area contributed by atoms with E-state index in [4.69, 9.17) is 9.47 Å². The summed E-state index contributed by atoms with van der Waals surface area (Å²) >= 11 is 0. The molecule has 1 saturated heterocycles. The van der Waals surface area contributed by atoms with Gasteiger partial charge < -0.3 is 24.8 Å². The number of nitrogens with zero attached hydrogens (tertiary/aromatic N) is 2. The minimum Gasteiger partial charge on any atom is -0.445 e. The number of alkyl carbamates (subject to hydrolysis) is 1. The Morgan fingerprint density at radius 3 is 2.33 bits per heavy atom. The molecule has 39 heavy (non-hydrogen) atoms. The van der Waals surface area contributed by atoms with Gasteiger partial charge in [-0.2, -0.15) is 8.78 Å². The predicted molar refractivity (Wildman–Crippen MR) is 139 cm³/mol. The number of pyridine rings is 1. The first kappa shape index (κ1) is 28.1. The molecule has 0 spiro atoms. The number of nitrogens with one attached hydrogen (secondary N) is 1. The number of rotatable bonds is 8. The lowest BCUT2D eigenvalue weighted by Crippen LogP contribution is -2.51. The lowest BCUT2D eigenvalue weighted by atomic mass is 9.98. The highest BCUT2D eigenvalue weighted by molar-refractivity contribution is 5.80. The van der Waals surface area contributed by atoms with Gasteiger partial charge in [0.25, 0.3) is 5.91 Å². The number of benzene rings is 2. The molecule has 2 amide bonds. The minimum atomic E-state index is -3.20. The molecule has 4 rings (SSSR count). The van der Waals surface area contributed by atoms with Crippen molar-refractivity contribution in [3.05, 3.63) is 89.7 Å². The van der Waals surface area contributed by atoms with Crippen LogP contribution in [0.15, 0.2) is 72.9 Å². The summed E-state index contributed by atoms with van der Waals surface area (Å²) in [6.45, 7) is 4.51. The van der Waals surface area contributed by atoms with Gasteiger partial charge in [0.1, 0.15) is 18.4 Å². The van der Waals surface area contributed by atoms with Crippen LogP contribution in [-0.4, -0.2) is 51.8 Å². The molecule has 2 N–H and O–H groups in total. The van der Waals surface area contributed by atoms with E-state index in [1.165, 1.54) is 13.8 Å². The van der Waals surface area contributed by atoms with E-state index in [-0.39, 0.29) is 12.6 Å². The van der Waals surface area contributed by atoms with Crippen LogP contribution in [-0.2, 0) is 20.9 Å². The van der Waals surface area contributed by atoms with E-state index < -0.39 is 42.9 Å². The minimum absolute atomic E-state index is 0.171. The number of amides is 2. The van der Waals surface area contributed by atoms with Gasteiger partial charge in [0.15, 0.2) is 0 Å². The monoisotopic (exact) mass is 539 g/mol. The standard InChI is InChI=1S/C29H31F2N3O5/c1-18(33-28(37)38-17-19-7-5-4-6-8-19)23-14-13-22(15-32-23)20-9-11-21(12-10-20)25-24(16-35)34(27(36)26(30)31)29(2,3)39-25/h4-15,18,24-26,35H,16-17H2,1-3H3,(H,33,37)/t18?,24-,25+/m0/s1. The van der Waals surface area contributed by atoms with E-state index in [0.717, 1.165) is 21.6 Å². The second kappa shape index (κ2) is 11.9. The molecule has 0 radical (unpaired) electrons. The van der Waals surface area contributed by atoms with E-state index in [9.17, 15) is 23.5 Å². The highest BCUT2D eigenvalue weighted by atomic mass is 19.3. The Morgan fingerprint density at radius 1 is 1.08 bits per heavy atom. The van der Waals surface area contributed by atoms with Crippen LogP contribution in [0.3, 0.4) is 0 Å². The summed E-state index contributed by atoms with van der Waals surface area (Å²) < 4.78 is 37.6. The summed E-state index contributed by atoms with van der Waals surface area (Å²) in [5, 5.41) is 12.7. The number of aliphatic hydroxyl groups is 1. The van der Waals surface area contributed by atoms with Crippen LogP contribution >= 0.6 is 0 Å². The molecule has 1 aromatic heterocycles. The molecule has 206 valence electrons. The van der Waals surface area contributed by atoms with Crippen LogP contribution in [0.1, 0.15) is 49.7 Å². The third-order valence-electron chi connectivity index (χ3n) is 6.64. The Balaban J connectivity index is 1.40. The quantitative estimate of drug-likeness (QED) is 0.418. The first-order valence-electron chi connectivity index (χ1n) is 12.5. The molecular formula is C29H31F2N3O5. The smallest absolute Gasteiger partial charge is 0.407 e. The van der Waals surface area contributed by atoms with Crippen LogP contribution in [0.4, 0.5) is 13.6 Å². The number of aliphatic hydroxyl groups excluding tert-OH is 1. The average molecular weight is 540 g/mol. The van der Waals surface area contributed by atoms with Gasteiger partial charge in [-0.05, 0) is 43.5 Å². The molecule has 8 nitrogen and oxygen atoms in total. The Morgan fingerprint density at radius 2 is 1.74 bits per heavy atom. The summed E-state index contributed by atoms with van der Waals surface area (Å²) in [7, 11) is 0. The highest BCUT2D eigenvalue weighted by Gasteiger charge is 2.51. The molecule has 0 bridgehead atoms. The second-order valence-corrected chi connectivity index (χ2v) is 9.77. The normalized spacial score (nSPS) is 19.1. The van der Waals surface area contributed by atoms with Crippen LogP contribution < -0.4 is 5.32 Å². The van der Waals surface area contributed by atoms with Gasteiger partial charge in [-0.3, -0.25) is 9.78 Å². The van der Waals surface area contributed by atoms with Crippen molar-refractivity contribution in [2.45, 2.75) is 57.7 Å². The molecule has 0 aliphatic carbocycles. The maximum absolute atomic E-state index is 13.2. The first-order valence-corrected chi connectivity index (χ1v) is 12.5. The van der Waals surface area contributed by atoms with Gasteiger partial charge in [-0.15, -0.1) is 0 Å². The topological polar surface area (TPSA) is 101 Å². The highest BCUT2D eigenvalue weighted by Crippen LogP contribution is 2.41. The number of hydrogen-bond acceptors (Lipinski definition) is 6. The Labute approximate surface area is 225 Å². The van der Waals surface area contributed by atoms with Crippen molar-refractivity contribution in [2.24, 2.45) is 0 Å². The van der Waals surface area contributed by atoms with E-state index in [2.05, 4.69) is 10.3 Å². The van der Waals surface area contributed by atoms with Crippen molar-refractivity contribution in [1.29, 1.82) is 0 Å². The van der Waals surface area contributed by atoms with Crippen molar-refractivity contribution >= 4 is 12.0 Å². The summed E-state index contributed by atoms with van der Waals surface area (Å²) in [5.41, 5.74) is 2.56. The number of hydrogen-bond donors (Lipinski definition) is 2. The lowest BCUT2D eigenvalue weighted by molar-refractivity contribution is -0.159. The molecule has 0 saturated carbocycles. The van der Waals surface area contributed by atoms with Crippen molar-refractivity contribution in [2.75, 3.05) is 6.61 Å². The van der Waals surface area contributed by atoms with Crippen LogP contribution in [0.5, 0.6) is 0 Å². The molecule has 1 fully saturated rings. The fourth-order valence-electron chi connectivity index (χ4n) is 4.70. The van der Waals surface area contributed by atoms with Gasteiger partial charge >= 0.3 is 12.5 Å². The molecule has 1 aliphatic rings. The molecular weight excluding hydrogens is 508 g/mol. The van der Waals surface area contributed by atoms with E-state index >= 15 is 0 Å². The molecule has 3 atom stereocenters.